The van der Waals surface area contributed by atoms with Crippen molar-refractivity contribution in [2.24, 2.45) is 17.0 Å². The molecule has 4 nitrogen and oxygen atoms in total. The minimum atomic E-state index is -0.175. The molecule has 1 aromatic carbocycles. The van der Waals surface area contributed by atoms with Gasteiger partial charge >= 0.3 is 5.97 Å². The third kappa shape index (κ3) is 2.84. The van der Waals surface area contributed by atoms with Gasteiger partial charge in [-0.15, -0.1) is 0 Å². The molecule has 0 N–H and O–H groups in total. The first-order chi connectivity index (χ1) is 9.69. The van der Waals surface area contributed by atoms with E-state index in [4.69, 9.17) is 9.57 Å². The lowest BCUT2D eigenvalue weighted by atomic mass is 10.1. The molecule has 4 heteroatoms. The second kappa shape index (κ2) is 5.27. The Hall–Kier alpha value is -1.84. The van der Waals surface area contributed by atoms with Gasteiger partial charge in [0, 0.05) is 5.92 Å². The summed E-state index contributed by atoms with van der Waals surface area (Å²) in [4.78, 5) is 16.4. The third-order valence-electron chi connectivity index (χ3n) is 4.06. The largest absolute Gasteiger partial charge is 0.497 e. The molecule has 0 heterocycles. The normalized spacial score (nSPS) is 25.2. The Labute approximate surface area is 118 Å². The molecule has 0 bridgehead atoms. The van der Waals surface area contributed by atoms with Gasteiger partial charge in [-0.2, -0.15) is 0 Å². The molecule has 2 fully saturated rings. The van der Waals surface area contributed by atoms with Gasteiger partial charge in [-0.3, -0.25) is 0 Å². The van der Waals surface area contributed by atoms with Gasteiger partial charge in [-0.05, 0) is 49.8 Å². The highest BCUT2D eigenvalue weighted by atomic mass is 16.7. The fraction of sp³-hybridized carbons (Fsp3) is 0.500. The fourth-order valence-corrected chi connectivity index (χ4v) is 2.45. The van der Waals surface area contributed by atoms with E-state index in [1.807, 2.05) is 19.1 Å². The van der Waals surface area contributed by atoms with Crippen molar-refractivity contribution in [1.29, 1.82) is 0 Å². The first kappa shape index (κ1) is 13.2. The maximum atomic E-state index is 11.4. The second-order valence-corrected chi connectivity index (χ2v) is 5.64. The summed E-state index contributed by atoms with van der Waals surface area (Å²) in [6.45, 7) is 1.94. The topological polar surface area (TPSA) is 47.9 Å². The maximum absolute atomic E-state index is 11.4. The summed E-state index contributed by atoms with van der Waals surface area (Å²) in [5, 5.41) is 4.00. The molecule has 0 unspecified atom stereocenters. The quantitative estimate of drug-likeness (QED) is 0.470. The lowest BCUT2D eigenvalue weighted by molar-refractivity contribution is -0.145. The number of hydrogen-bond donors (Lipinski definition) is 0. The summed E-state index contributed by atoms with van der Waals surface area (Å²) in [6.07, 6.45) is 2.97. The number of carbonyl (C=O) groups is 1. The predicted molar refractivity (Wildman–Crippen MR) is 75.8 cm³/mol. The van der Waals surface area contributed by atoms with Gasteiger partial charge < -0.3 is 9.57 Å². The number of rotatable bonds is 5. The van der Waals surface area contributed by atoms with Crippen LogP contribution >= 0.6 is 0 Å². The number of methoxy groups -OCH3 is 1. The Balaban J connectivity index is 1.56. The van der Waals surface area contributed by atoms with Crippen LogP contribution in [0.25, 0.3) is 0 Å². The first-order valence-corrected chi connectivity index (χ1v) is 7.08. The molecule has 2 aliphatic carbocycles. The van der Waals surface area contributed by atoms with Crippen LogP contribution in [0.2, 0.25) is 0 Å². The number of oxime groups is 1. The van der Waals surface area contributed by atoms with Crippen LogP contribution < -0.4 is 4.74 Å². The van der Waals surface area contributed by atoms with E-state index in [-0.39, 0.29) is 11.9 Å². The van der Waals surface area contributed by atoms with Crippen LogP contribution in [0.4, 0.5) is 0 Å². The van der Waals surface area contributed by atoms with Crippen LogP contribution in [-0.4, -0.2) is 18.8 Å². The molecular weight excluding hydrogens is 254 g/mol. The van der Waals surface area contributed by atoms with E-state index in [1.165, 1.54) is 5.56 Å². The highest BCUT2D eigenvalue weighted by Gasteiger charge is 2.41. The average molecular weight is 273 g/mol. The van der Waals surface area contributed by atoms with E-state index in [9.17, 15) is 4.79 Å². The molecule has 106 valence electrons. The lowest BCUT2D eigenvalue weighted by Crippen LogP contribution is -2.05. The highest BCUT2D eigenvalue weighted by molar-refractivity contribution is 5.88. The summed E-state index contributed by atoms with van der Waals surface area (Å²) in [5.41, 5.74) is 2.21. The van der Waals surface area contributed by atoms with Crippen molar-refractivity contribution in [3.05, 3.63) is 29.8 Å². The van der Waals surface area contributed by atoms with Crippen LogP contribution in [0, 0.1) is 11.8 Å². The fourth-order valence-electron chi connectivity index (χ4n) is 2.45. The molecule has 1 aromatic rings. The zero-order valence-corrected chi connectivity index (χ0v) is 11.8. The van der Waals surface area contributed by atoms with Gasteiger partial charge in [-0.25, -0.2) is 4.79 Å². The molecular formula is C16H19NO3. The Morgan fingerprint density at radius 1 is 1.25 bits per heavy atom. The molecule has 0 amide bonds. The van der Waals surface area contributed by atoms with Crippen LogP contribution in [0.5, 0.6) is 5.75 Å². The van der Waals surface area contributed by atoms with Gasteiger partial charge in [0.15, 0.2) is 0 Å². The van der Waals surface area contributed by atoms with Gasteiger partial charge in [0.1, 0.15) is 5.75 Å². The Morgan fingerprint density at radius 3 is 2.55 bits per heavy atom. The predicted octanol–water partition coefficient (Wildman–Crippen LogP) is 3.13. The van der Waals surface area contributed by atoms with Crippen molar-refractivity contribution >= 4 is 11.7 Å². The number of ether oxygens (including phenoxy) is 1. The zero-order valence-electron chi connectivity index (χ0n) is 11.8. The van der Waals surface area contributed by atoms with E-state index in [0.717, 1.165) is 30.7 Å². The van der Waals surface area contributed by atoms with Crippen LogP contribution in [0.1, 0.15) is 37.7 Å². The molecule has 0 aromatic heterocycles. The Kier molecular flexibility index (Phi) is 3.47. The van der Waals surface area contributed by atoms with Crippen molar-refractivity contribution < 1.29 is 14.4 Å². The molecule has 2 aliphatic rings. The number of hydrogen-bond acceptors (Lipinski definition) is 4. The van der Waals surface area contributed by atoms with Crippen molar-refractivity contribution in [1.82, 2.24) is 0 Å². The minimum absolute atomic E-state index is 0.100. The van der Waals surface area contributed by atoms with E-state index >= 15 is 0 Å². The molecule has 0 saturated heterocycles. The number of carbonyl (C=O) groups excluding carboxylic acids is 1. The second-order valence-electron chi connectivity index (χ2n) is 5.64. The van der Waals surface area contributed by atoms with E-state index in [1.54, 1.807) is 7.11 Å². The SMILES string of the molecule is COc1ccc([C@@H]2C[C@H]2C(C)=NOC(=O)C2CC2)cc1. The van der Waals surface area contributed by atoms with Crippen molar-refractivity contribution in [3.8, 4) is 5.75 Å². The summed E-state index contributed by atoms with van der Waals surface area (Å²) < 4.78 is 5.16. The summed E-state index contributed by atoms with van der Waals surface area (Å²) in [7, 11) is 1.67. The Morgan fingerprint density at radius 2 is 1.95 bits per heavy atom. The van der Waals surface area contributed by atoms with Gasteiger partial charge in [-0.1, -0.05) is 17.3 Å². The van der Waals surface area contributed by atoms with Crippen LogP contribution in [-0.2, 0) is 9.63 Å². The van der Waals surface area contributed by atoms with E-state index in [2.05, 4.69) is 17.3 Å². The summed E-state index contributed by atoms with van der Waals surface area (Å²) >= 11 is 0. The maximum Gasteiger partial charge on any atom is 0.338 e. The van der Waals surface area contributed by atoms with Crippen LogP contribution in [0.15, 0.2) is 29.4 Å². The summed E-state index contributed by atoms with van der Waals surface area (Å²) in [6, 6.07) is 8.13. The molecule has 2 atom stereocenters. The van der Waals surface area contributed by atoms with Gasteiger partial charge in [0.05, 0.1) is 18.7 Å². The highest BCUT2D eigenvalue weighted by Crippen LogP contribution is 2.48. The standard InChI is InChI=1S/C16H19NO3/c1-10(17-20-16(18)12-3-4-12)14-9-15(14)11-5-7-13(19-2)8-6-11/h5-8,12,14-15H,3-4,9H2,1-2H3/t14-,15-/m0/s1. The monoisotopic (exact) mass is 273 g/mol. The van der Waals surface area contributed by atoms with Gasteiger partial charge in [0.2, 0.25) is 0 Å². The van der Waals surface area contributed by atoms with E-state index < -0.39 is 0 Å². The third-order valence-corrected chi connectivity index (χ3v) is 4.06. The van der Waals surface area contributed by atoms with E-state index in [0.29, 0.717) is 11.8 Å². The average Bonchev–Trinajstić information content (AvgIpc) is 3.36. The van der Waals surface area contributed by atoms with Gasteiger partial charge in [0.25, 0.3) is 0 Å². The van der Waals surface area contributed by atoms with Crippen molar-refractivity contribution in [3.63, 3.8) is 0 Å². The zero-order chi connectivity index (χ0) is 14.1. The molecule has 3 rings (SSSR count). The Bertz CT molecular complexity index is 531. The summed E-state index contributed by atoms with van der Waals surface area (Å²) in [5.74, 6) is 1.68. The minimum Gasteiger partial charge on any atom is -0.497 e. The number of benzene rings is 1. The smallest absolute Gasteiger partial charge is 0.338 e. The first-order valence-electron chi connectivity index (χ1n) is 7.08. The van der Waals surface area contributed by atoms with Crippen molar-refractivity contribution in [2.45, 2.75) is 32.1 Å². The molecule has 2 saturated carbocycles. The molecule has 0 aliphatic heterocycles. The number of nitrogens with zero attached hydrogens (tertiary/aromatic N) is 1. The lowest BCUT2D eigenvalue weighted by Gasteiger charge is -2.03. The molecule has 0 radical (unpaired) electrons. The molecule has 0 spiro atoms. The van der Waals surface area contributed by atoms with Crippen LogP contribution in [0.3, 0.4) is 0 Å². The molecule has 20 heavy (non-hydrogen) atoms. The van der Waals surface area contributed by atoms with Crippen molar-refractivity contribution in [2.75, 3.05) is 7.11 Å².